The molecule has 0 radical (unpaired) electrons. The number of pyridine rings is 1. The Bertz CT molecular complexity index is 1290. The maximum atomic E-state index is 9.87. The zero-order valence-electron chi connectivity index (χ0n) is 18.1. The number of hydrogen-bond acceptors (Lipinski definition) is 7. The number of para-hydroxylation sites is 1. The van der Waals surface area contributed by atoms with Gasteiger partial charge in [-0.2, -0.15) is 0 Å². The van der Waals surface area contributed by atoms with Crippen LogP contribution < -0.4 is 4.84 Å². The van der Waals surface area contributed by atoms with E-state index in [-0.39, 0.29) is 0 Å². The molecule has 0 atom stereocenters. The summed E-state index contributed by atoms with van der Waals surface area (Å²) >= 11 is 0. The minimum absolute atomic E-state index is 0.591. The molecule has 0 aliphatic heterocycles. The number of halogens is 6. The maximum absolute atomic E-state index is 10.7. The summed E-state index contributed by atoms with van der Waals surface area (Å²) in [5, 5.41) is 23.9. The van der Waals surface area contributed by atoms with Crippen molar-refractivity contribution in [2.75, 3.05) is 28.2 Å². The monoisotopic (exact) mass is 515 g/mol. The summed E-state index contributed by atoms with van der Waals surface area (Å²) < 4.78 is 61.0. The molecule has 0 bridgehead atoms. The van der Waals surface area contributed by atoms with E-state index in [1.54, 1.807) is 18.3 Å². The third-order valence-corrected chi connectivity index (χ3v) is 3.45. The largest absolute Gasteiger partial charge is 0.410 e. The van der Waals surface area contributed by atoms with E-state index in [0.29, 0.717) is 28.2 Å². The maximum Gasteiger partial charge on any atom is 0.130 e. The third kappa shape index (κ3) is 9.01. The van der Waals surface area contributed by atoms with Crippen molar-refractivity contribution >= 4 is 36.0 Å². The molecule has 1 N–H and O–H groups in total. The summed E-state index contributed by atoms with van der Waals surface area (Å²) in [7, 11) is -3.09. The van der Waals surface area contributed by atoms with Crippen LogP contribution in [-0.2, 0) is 0 Å². The first kappa shape index (κ1) is 26.5. The first-order chi connectivity index (χ1) is 15.4. The Morgan fingerprint density at radius 3 is 2.06 bits per heavy atom. The molecule has 3 aromatic heterocycles. The Balaban J connectivity index is 0.000000203. The zero-order valence-corrected chi connectivity index (χ0v) is 19.0. The molecule has 0 spiro atoms. The van der Waals surface area contributed by atoms with Crippen molar-refractivity contribution in [3.05, 3.63) is 42.6 Å². The van der Waals surface area contributed by atoms with Gasteiger partial charge in [-0.15, -0.1) is 10.2 Å². The smallest absolute Gasteiger partial charge is 0.130 e. The van der Waals surface area contributed by atoms with Crippen LogP contribution in [0.15, 0.2) is 42.6 Å². The van der Waals surface area contributed by atoms with Crippen molar-refractivity contribution in [3.8, 4) is 0 Å². The number of nitrogens with zero attached hydrogens (tertiary/aromatic N) is 9. The first-order valence-corrected chi connectivity index (χ1v) is 11.1. The number of amidine groups is 1. The van der Waals surface area contributed by atoms with Gasteiger partial charge in [0, 0.05) is 6.20 Å². The molecule has 0 saturated heterocycles. The number of hydrogen-bond donors (Lipinski definition) is 1. The van der Waals surface area contributed by atoms with E-state index in [0.717, 1.165) is 4.85 Å². The molecule has 18 heteroatoms. The van der Waals surface area contributed by atoms with E-state index < -0.39 is 7.81 Å². The van der Waals surface area contributed by atoms with Gasteiger partial charge in [0.2, 0.25) is 5.65 Å². The molecular formula is C16H20F6N9O2P. The molecule has 4 rings (SSSR count). The summed E-state index contributed by atoms with van der Waals surface area (Å²) in [4.78, 5) is 13.7. The quantitative estimate of drug-likeness (QED) is 0.103. The number of benzene rings is 1. The Labute approximate surface area is 187 Å². The molecule has 0 amide bonds. The molecule has 0 saturated carbocycles. The predicted octanol–water partition coefficient (Wildman–Crippen LogP) is 3.50. The molecule has 11 nitrogen and oxygen atoms in total. The van der Waals surface area contributed by atoms with Gasteiger partial charge < -0.3 is 5.21 Å². The SMILES string of the molecule is CN(C)C(On1nnc2cccnc21)=[N+](C)C.F[P-](F)(F)(F)(F)F.On1nnc2ccccc21. The normalized spacial score (nSPS) is 13.0. The molecule has 188 valence electrons. The molecule has 0 fully saturated rings. The second-order valence-corrected chi connectivity index (χ2v) is 8.81. The van der Waals surface area contributed by atoms with Gasteiger partial charge in [0.25, 0.3) is 0 Å². The van der Waals surface area contributed by atoms with Crippen LogP contribution in [0.3, 0.4) is 0 Å². The van der Waals surface area contributed by atoms with Crippen LogP contribution in [0.1, 0.15) is 0 Å². The summed E-state index contributed by atoms with van der Waals surface area (Å²) in [5.74, 6) is 0. The van der Waals surface area contributed by atoms with Gasteiger partial charge in [0.05, 0.1) is 28.2 Å². The fraction of sp³-hybridized carbons (Fsp3) is 0.250. The number of fused-ring (bicyclic) bond motifs is 2. The Morgan fingerprint density at radius 1 is 0.941 bits per heavy atom. The van der Waals surface area contributed by atoms with E-state index in [9.17, 15) is 25.2 Å². The summed E-state index contributed by atoms with van der Waals surface area (Å²) in [6, 6.07) is 11.5. The van der Waals surface area contributed by atoms with Crippen molar-refractivity contribution < 1.29 is 39.8 Å². The minimum atomic E-state index is -10.7. The van der Waals surface area contributed by atoms with Crippen LogP contribution in [0.2, 0.25) is 0 Å². The van der Waals surface area contributed by atoms with Crippen LogP contribution >= 0.6 is 7.81 Å². The van der Waals surface area contributed by atoms with E-state index in [1.807, 2.05) is 61.9 Å². The van der Waals surface area contributed by atoms with Crippen LogP contribution in [0.25, 0.3) is 22.2 Å². The zero-order chi connectivity index (χ0) is 25.8. The molecule has 1 aromatic carbocycles. The molecular weight excluding hydrogens is 495 g/mol. The Kier molecular flexibility index (Phi) is 6.93. The standard InChI is InChI=1S/C10H15N6O.C6H5N3O.F6P/c1-14(2)10(15(3)4)17-16-9-8(12-13-16)6-5-7-11-9;10-9-6-4-2-1-3-5(6)7-8-9;1-7(2,3,4,5)6/h5-7H,1-4H3;1-4,10H;/q+1;;-1. The second kappa shape index (κ2) is 8.89. The van der Waals surface area contributed by atoms with Crippen molar-refractivity contribution in [2.24, 2.45) is 0 Å². The summed E-state index contributed by atoms with van der Waals surface area (Å²) in [6.45, 7) is 0. The van der Waals surface area contributed by atoms with Crippen molar-refractivity contribution in [3.63, 3.8) is 0 Å². The van der Waals surface area contributed by atoms with Crippen LogP contribution in [0.4, 0.5) is 25.2 Å². The molecule has 0 aliphatic rings. The fourth-order valence-corrected chi connectivity index (χ4v) is 2.30. The van der Waals surface area contributed by atoms with Crippen molar-refractivity contribution in [1.29, 1.82) is 0 Å². The van der Waals surface area contributed by atoms with Gasteiger partial charge in [-0.05, 0) is 39.5 Å². The number of rotatable bonds is 1. The van der Waals surface area contributed by atoms with Crippen LogP contribution in [0.5, 0.6) is 0 Å². The first-order valence-electron chi connectivity index (χ1n) is 9.05. The minimum Gasteiger partial charge on any atom is -0.410 e. The molecule has 34 heavy (non-hydrogen) atoms. The second-order valence-electron chi connectivity index (χ2n) is 6.90. The predicted molar refractivity (Wildman–Crippen MR) is 111 cm³/mol. The Morgan fingerprint density at radius 2 is 1.50 bits per heavy atom. The van der Waals surface area contributed by atoms with Gasteiger partial charge in [0.15, 0.2) is 0 Å². The van der Waals surface area contributed by atoms with Crippen LogP contribution in [0, 0.1) is 0 Å². The van der Waals surface area contributed by atoms with Gasteiger partial charge in [-0.25, -0.2) is 14.5 Å². The van der Waals surface area contributed by atoms with E-state index in [2.05, 4.69) is 25.6 Å². The van der Waals surface area contributed by atoms with E-state index in [4.69, 9.17) is 10.0 Å². The van der Waals surface area contributed by atoms with E-state index >= 15 is 0 Å². The van der Waals surface area contributed by atoms with Gasteiger partial charge in [0.1, 0.15) is 16.6 Å². The molecule has 3 heterocycles. The molecule has 0 aliphatic carbocycles. The average molecular weight is 515 g/mol. The molecule has 0 unspecified atom stereocenters. The van der Waals surface area contributed by atoms with Crippen molar-refractivity contribution in [2.45, 2.75) is 0 Å². The summed E-state index contributed by atoms with van der Waals surface area (Å²) in [6.07, 6.45) is 1.68. The van der Waals surface area contributed by atoms with E-state index in [1.165, 1.54) is 4.85 Å². The Hall–Kier alpha value is -3.75. The topological polar surface area (TPSA) is 110 Å². The van der Waals surface area contributed by atoms with Gasteiger partial charge >= 0.3 is 39.0 Å². The van der Waals surface area contributed by atoms with Crippen molar-refractivity contribution in [1.82, 2.24) is 40.2 Å². The molecule has 4 aromatic rings. The number of aromatic nitrogens is 7. The fourth-order valence-electron chi connectivity index (χ4n) is 2.30. The van der Waals surface area contributed by atoms with Gasteiger partial charge in [-0.1, -0.05) is 17.0 Å². The van der Waals surface area contributed by atoms with Gasteiger partial charge in [-0.3, -0.25) is 4.84 Å². The summed E-state index contributed by atoms with van der Waals surface area (Å²) in [5.41, 5.74) is 2.62. The average Bonchev–Trinajstić information content (AvgIpc) is 3.28. The van der Waals surface area contributed by atoms with Crippen LogP contribution in [-0.4, -0.2) is 84.2 Å². The third-order valence-electron chi connectivity index (χ3n) is 3.45.